The molecule has 2 aliphatic rings. The fourth-order valence-corrected chi connectivity index (χ4v) is 6.07. The molecule has 2 aliphatic carbocycles. The van der Waals surface area contributed by atoms with Crippen LogP contribution in [0.4, 0.5) is 0 Å². The van der Waals surface area contributed by atoms with E-state index in [1.165, 1.54) is 16.7 Å². The van der Waals surface area contributed by atoms with Crippen LogP contribution >= 0.6 is 0 Å². The van der Waals surface area contributed by atoms with Crippen LogP contribution in [0.5, 0.6) is 0 Å². The Hall–Kier alpha value is -2.98. The third kappa shape index (κ3) is 10.9. The van der Waals surface area contributed by atoms with Crippen LogP contribution in [0, 0.1) is 10.8 Å². The zero-order chi connectivity index (χ0) is 32.4. The molecule has 0 radical (unpaired) electrons. The lowest BCUT2D eigenvalue weighted by atomic mass is 9.62. The van der Waals surface area contributed by atoms with Crippen molar-refractivity contribution in [3.63, 3.8) is 0 Å². The fourth-order valence-electron chi connectivity index (χ4n) is 6.07. The van der Waals surface area contributed by atoms with Crippen LogP contribution < -0.4 is 0 Å². The third-order valence-corrected chi connectivity index (χ3v) is 8.64. The van der Waals surface area contributed by atoms with E-state index in [2.05, 4.69) is 96.7 Å². The van der Waals surface area contributed by atoms with Gasteiger partial charge in [-0.15, -0.1) is 0 Å². The summed E-state index contributed by atoms with van der Waals surface area (Å²) in [5, 5.41) is 31.5. The molecule has 0 spiro atoms. The minimum atomic E-state index is -1.13. The van der Waals surface area contributed by atoms with Crippen molar-refractivity contribution in [2.24, 2.45) is 10.8 Å². The van der Waals surface area contributed by atoms with E-state index in [1.54, 1.807) is 0 Å². The third-order valence-electron chi connectivity index (χ3n) is 8.64. The van der Waals surface area contributed by atoms with E-state index in [9.17, 15) is 15.3 Å². The first-order valence-corrected chi connectivity index (χ1v) is 15.5. The van der Waals surface area contributed by atoms with Gasteiger partial charge in [0.25, 0.3) is 0 Å². The SMILES string of the molecule is C=C1CC(O)CC(C)(C)C1(O)/C=C/C(C)=C/C=C/C(C)=C/C=C/C=C(C)/C=C/C=C(C)/C=C/C1=C(C)CC(O)CC1(C)C. The summed E-state index contributed by atoms with van der Waals surface area (Å²) in [5.41, 5.74) is 6.17. The molecular weight excluding hydrogens is 528 g/mol. The molecule has 3 nitrogen and oxygen atoms in total. The van der Waals surface area contributed by atoms with Gasteiger partial charge in [-0.2, -0.15) is 0 Å². The second-order valence-corrected chi connectivity index (χ2v) is 13.9. The second kappa shape index (κ2) is 15.7. The number of allylic oxidation sites excluding steroid dienone is 18. The van der Waals surface area contributed by atoms with E-state index in [1.807, 2.05) is 57.2 Å². The molecule has 0 aromatic rings. The minimum absolute atomic E-state index is 0.00529. The molecule has 0 bridgehead atoms. The van der Waals surface area contributed by atoms with Crippen LogP contribution in [0.3, 0.4) is 0 Å². The summed E-state index contributed by atoms with van der Waals surface area (Å²) in [4.78, 5) is 0. The van der Waals surface area contributed by atoms with Crippen LogP contribution in [-0.2, 0) is 0 Å². The number of hydrogen-bond acceptors (Lipinski definition) is 3. The highest BCUT2D eigenvalue weighted by Gasteiger charge is 2.48. The van der Waals surface area contributed by atoms with Crippen molar-refractivity contribution in [2.75, 3.05) is 0 Å². The summed E-state index contributed by atoms with van der Waals surface area (Å²) in [6.45, 7) is 22.8. The zero-order valence-electron chi connectivity index (χ0n) is 28.1. The van der Waals surface area contributed by atoms with E-state index < -0.39 is 17.1 Å². The van der Waals surface area contributed by atoms with E-state index in [-0.39, 0.29) is 11.5 Å². The van der Waals surface area contributed by atoms with Crippen LogP contribution in [0.1, 0.15) is 88.0 Å². The van der Waals surface area contributed by atoms with Crippen LogP contribution in [-0.4, -0.2) is 33.1 Å². The lowest BCUT2D eigenvalue weighted by Gasteiger charge is -2.47. The Morgan fingerprint density at radius 3 is 1.67 bits per heavy atom. The Kier molecular flexibility index (Phi) is 13.2. The van der Waals surface area contributed by atoms with Gasteiger partial charge >= 0.3 is 0 Å². The molecule has 0 aromatic heterocycles. The molecule has 234 valence electrons. The number of aliphatic hydroxyl groups excluding tert-OH is 2. The van der Waals surface area contributed by atoms with Crippen molar-refractivity contribution in [3.8, 4) is 0 Å². The average molecular weight is 585 g/mol. The van der Waals surface area contributed by atoms with Crippen LogP contribution in [0.2, 0.25) is 0 Å². The quantitative estimate of drug-likeness (QED) is 0.177. The predicted molar refractivity (Wildman–Crippen MR) is 186 cm³/mol. The fraction of sp³-hybridized carbons (Fsp3) is 0.450. The van der Waals surface area contributed by atoms with Crippen molar-refractivity contribution < 1.29 is 15.3 Å². The van der Waals surface area contributed by atoms with Gasteiger partial charge in [-0.25, -0.2) is 0 Å². The Bertz CT molecular complexity index is 1310. The van der Waals surface area contributed by atoms with Gasteiger partial charge in [0.2, 0.25) is 0 Å². The lowest BCUT2D eigenvalue weighted by Crippen LogP contribution is -2.50. The molecule has 0 aromatic carbocycles. The highest BCUT2D eigenvalue weighted by Crippen LogP contribution is 2.47. The number of hydrogen-bond donors (Lipinski definition) is 3. The standard InChI is InChI=1S/C40H56O3/c1-29(17-13-19-31(3)21-22-37-33(5)25-35(41)27-38(37,7)8)15-11-12-16-30(2)18-14-20-32(4)23-24-40(43)34(6)26-36(42)28-39(40,9)10/h11-24,35-36,41-43H,6,25-28H2,1-5,7-10H3/b12-11+,17-13+,18-14+,22-21+,24-23+,29-15+,30-16+,31-19+,32-20+. The molecule has 43 heavy (non-hydrogen) atoms. The number of aliphatic hydroxyl groups is 3. The second-order valence-electron chi connectivity index (χ2n) is 13.9. The zero-order valence-corrected chi connectivity index (χ0v) is 28.1. The highest BCUT2D eigenvalue weighted by molar-refractivity contribution is 5.38. The normalized spacial score (nSPS) is 28.1. The molecular formula is C40H56O3. The molecule has 2 rings (SSSR count). The van der Waals surface area contributed by atoms with Crippen molar-refractivity contribution in [1.82, 2.24) is 0 Å². The van der Waals surface area contributed by atoms with Crippen molar-refractivity contribution in [1.29, 1.82) is 0 Å². The maximum Gasteiger partial charge on any atom is 0.109 e. The first kappa shape index (κ1) is 36.2. The lowest BCUT2D eigenvalue weighted by molar-refractivity contribution is -0.0527. The molecule has 0 saturated heterocycles. The summed E-state index contributed by atoms with van der Waals surface area (Å²) in [6.07, 6.45) is 30.6. The van der Waals surface area contributed by atoms with Gasteiger partial charge in [-0.1, -0.05) is 141 Å². The molecule has 3 atom stereocenters. The smallest absolute Gasteiger partial charge is 0.109 e. The Morgan fingerprint density at radius 2 is 1.16 bits per heavy atom. The summed E-state index contributed by atoms with van der Waals surface area (Å²) in [6, 6.07) is 0. The molecule has 1 fully saturated rings. The predicted octanol–water partition coefficient (Wildman–Crippen LogP) is 9.52. The summed E-state index contributed by atoms with van der Waals surface area (Å²) >= 11 is 0. The first-order valence-electron chi connectivity index (χ1n) is 15.5. The molecule has 3 unspecified atom stereocenters. The van der Waals surface area contributed by atoms with E-state index in [0.717, 1.165) is 29.6 Å². The topological polar surface area (TPSA) is 60.7 Å². The minimum Gasteiger partial charge on any atom is -0.393 e. The number of rotatable bonds is 10. The van der Waals surface area contributed by atoms with Crippen molar-refractivity contribution >= 4 is 0 Å². The summed E-state index contributed by atoms with van der Waals surface area (Å²) in [5.74, 6) is 0. The van der Waals surface area contributed by atoms with Gasteiger partial charge in [-0.3, -0.25) is 0 Å². The molecule has 3 heteroatoms. The van der Waals surface area contributed by atoms with Crippen LogP contribution in [0.25, 0.3) is 0 Å². The van der Waals surface area contributed by atoms with E-state index >= 15 is 0 Å². The average Bonchev–Trinajstić information content (AvgIpc) is 2.87. The molecule has 1 saturated carbocycles. The van der Waals surface area contributed by atoms with Gasteiger partial charge in [0.1, 0.15) is 5.60 Å². The van der Waals surface area contributed by atoms with Crippen LogP contribution in [0.15, 0.2) is 131 Å². The summed E-state index contributed by atoms with van der Waals surface area (Å²) in [7, 11) is 0. The van der Waals surface area contributed by atoms with Crippen molar-refractivity contribution in [3.05, 3.63) is 131 Å². The highest BCUT2D eigenvalue weighted by atomic mass is 16.3. The van der Waals surface area contributed by atoms with Gasteiger partial charge in [0.05, 0.1) is 12.2 Å². The maximum absolute atomic E-state index is 11.3. The van der Waals surface area contributed by atoms with Gasteiger partial charge in [0.15, 0.2) is 0 Å². The Balaban J connectivity index is 1.92. The molecule has 0 heterocycles. The van der Waals surface area contributed by atoms with Gasteiger partial charge < -0.3 is 15.3 Å². The van der Waals surface area contributed by atoms with Gasteiger partial charge in [-0.05, 0) is 82.9 Å². The van der Waals surface area contributed by atoms with Gasteiger partial charge in [0, 0.05) is 5.41 Å². The summed E-state index contributed by atoms with van der Waals surface area (Å²) < 4.78 is 0. The molecule has 0 aliphatic heterocycles. The molecule has 0 amide bonds. The monoisotopic (exact) mass is 584 g/mol. The van der Waals surface area contributed by atoms with Crippen molar-refractivity contribution in [2.45, 2.75) is 106 Å². The Morgan fingerprint density at radius 1 is 0.698 bits per heavy atom. The largest absolute Gasteiger partial charge is 0.393 e. The molecule has 3 N–H and O–H groups in total. The van der Waals surface area contributed by atoms with E-state index in [4.69, 9.17) is 0 Å². The first-order chi connectivity index (χ1) is 20.0. The maximum atomic E-state index is 11.3. The van der Waals surface area contributed by atoms with E-state index in [0.29, 0.717) is 18.4 Å². The Labute approximate surface area is 262 Å².